The Hall–Kier alpha value is -2.97. The lowest BCUT2D eigenvalue weighted by atomic mass is 10.0. The average molecular weight is 423 g/mol. The van der Waals surface area contributed by atoms with Gasteiger partial charge in [0.2, 0.25) is 0 Å². The summed E-state index contributed by atoms with van der Waals surface area (Å²) in [6.45, 7) is 7.03. The lowest BCUT2D eigenvalue weighted by Crippen LogP contribution is -2.48. The molecule has 4 rings (SSSR count). The van der Waals surface area contributed by atoms with Gasteiger partial charge >= 0.3 is 0 Å². The van der Waals surface area contributed by atoms with Gasteiger partial charge in [-0.15, -0.1) is 5.10 Å². The molecule has 2 heterocycles. The Morgan fingerprint density at radius 2 is 1.65 bits per heavy atom. The number of benzene rings is 2. The number of piperazine rings is 1. The fraction of sp³-hybridized carbons (Fsp3) is 0.435. The molecule has 0 N–H and O–H groups in total. The highest BCUT2D eigenvalue weighted by molar-refractivity contribution is 5.49. The molecule has 0 saturated carbocycles. The van der Waals surface area contributed by atoms with Gasteiger partial charge in [0.15, 0.2) is 5.82 Å². The second-order valence-electron chi connectivity index (χ2n) is 7.79. The van der Waals surface area contributed by atoms with Gasteiger partial charge in [-0.3, -0.25) is 4.90 Å². The van der Waals surface area contributed by atoms with E-state index >= 15 is 0 Å². The van der Waals surface area contributed by atoms with Crippen LogP contribution in [0.4, 0.5) is 5.69 Å². The quantitative estimate of drug-likeness (QED) is 0.553. The number of anilines is 1. The molecular weight excluding hydrogens is 392 g/mol. The summed E-state index contributed by atoms with van der Waals surface area (Å²) in [6, 6.07) is 17.0. The number of aromatic nitrogens is 4. The van der Waals surface area contributed by atoms with Gasteiger partial charge in [0.25, 0.3) is 0 Å². The Morgan fingerprint density at radius 3 is 2.29 bits per heavy atom. The highest BCUT2D eigenvalue weighted by Crippen LogP contribution is 2.29. The van der Waals surface area contributed by atoms with Crippen molar-refractivity contribution in [2.75, 3.05) is 51.9 Å². The fourth-order valence-corrected chi connectivity index (χ4v) is 4.05. The monoisotopic (exact) mass is 422 g/mol. The molecule has 0 aliphatic carbocycles. The summed E-state index contributed by atoms with van der Waals surface area (Å²) < 4.78 is 12.4. The van der Waals surface area contributed by atoms with E-state index in [9.17, 15) is 0 Å². The summed E-state index contributed by atoms with van der Waals surface area (Å²) in [5.74, 6) is 1.74. The zero-order chi connectivity index (χ0) is 21.6. The Bertz CT molecular complexity index is 949. The summed E-state index contributed by atoms with van der Waals surface area (Å²) in [7, 11) is 3.39. The van der Waals surface area contributed by atoms with Crippen LogP contribution in [0.1, 0.15) is 23.0 Å². The predicted octanol–water partition coefficient (Wildman–Crippen LogP) is 2.55. The zero-order valence-corrected chi connectivity index (χ0v) is 18.4. The second-order valence-corrected chi connectivity index (χ2v) is 7.79. The molecule has 0 bridgehead atoms. The highest BCUT2D eigenvalue weighted by atomic mass is 16.5. The van der Waals surface area contributed by atoms with E-state index in [4.69, 9.17) is 9.47 Å². The van der Waals surface area contributed by atoms with Crippen LogP contribution in [0.3, 0.4) is 0 Å². The van der Waals surface area contributed by atoms with Crippen molar-refractivity contribution < 1.29 is 9.47 Å². The topological polar surface area (TPSA) is 68.5 Å². The Morgan fingerprint density at radius 1 is 0.935 bits per heavy atom. The number of hydrogen-bond acceptors (Lipinski definition) is 7. The molecule has 3 aromatic rings. The normalized spacial score (nSPS) is 15.8. The molecular formula is C23H30N6O2. The van der Waals surface area contributed by atoms with E-state index in [0.29, 0.717) is 13.2 Å². The molecule has 2 aromatic carbocycles. The first-order chi connectivity index (χ1) is 15.2. The van der Waals surface area contributed by atoms with Crippen LogP contribution >= 0.6 is 0 Å². The molecule has 31 heavy (non-hydrogen) atoms. The van der Waals surface area contributed by atoms with Gasteiger partial charge in [-0.2, -0.15) is 0 Å². The van der Waals surface area contributed by atoms with Crippen molar-refractivity contribution in [3.05, 3.63) is 65.5 Å². The molecule has 0 radical (unpaired) electrons. The summed E-state index contributed by atoms with van der Waals surface area (Å²) in [4.78, 5) is 4.88. The maximum Gasteiger partial charge on any atom is 0.173 e. The third kappa shape index (κ3) is 4.86. The largest absolute Gasteiger partial charge is 0.497 e. The first-order valence-corrected chi connectivity index (χ1v) is 10.6. The van der Waals surface area contributed by atoms with Crippen molar-refractivity contribution in [3.63, 3.8) is 0 Å². The SMILES string of the molecule is COCCn1nnnc1[C@@H](c1ccc(C)cc1)N1CCN(c2ccc(OC)cc2)CC1. The van der Waals surface area contributed by atoms with Gasteiger partial charge in [0.1, 0.15) is 5.75 Å². The molecule has 0 spiro atoms. The van der Waals surface area contributed by atoms with Gasteiger partial charge in [-0.1, -0.05) is 29.8 Å². The molecule has 8 nitrogen and oxygen atoms in total. The zero-order valence-electron chi connectivity index (χ0n) is 18.4. The van der Waals surface area contributed by atoms with Crippen molar-refractivity contribution in [2.24, 2.45) is 0 Å². The Kier molecular flexibility index (Phi) is 6.79. The minimum Gasteiger partial charge on any atom is -0.497 e. The summed E-state index contributed by atoms with van der Waals surface area (Å²) in [6.07, 6.45) is 0. The number of ether oxygens (including phenoxy) is 2. The molecule has 0 amide bonds. The van der Waals surface area contributed by atoms with Gasteiger partial charge in [0, 0.05) is 39.0 Å². The van der Waals surface area contributed by atoms with Crippen LogP contribution < -0.4 is 9.64 Å². The van der Waals surface area contributed by atoms with Crippen molar-refractivity contribution in [3.8, 4) is 5.75 Å². The number of hydrogen-bond donors (Lipinski definition) is 0. The van der Waals surface area contributed by atoms with Gasteiger partial charge in [-0.05, 0) is 47.2 Å². The lowest BCUT2D eigenvalue weighted by molar-refractivity contribution is 0.172. The minimum atomic E-state index is 0.00507. The van der Waals surface area contributed by atoms with Crippen LogP contribution in [-0.4, -0.2) is 72.1 Å². The number of rotatable bonds is 8. The van der Waals surface area contributed by atoms with Gasteiger partial charge < -0.3 is 14.4 Å². The second kappa shape index (κ2) is 9.89. The van der Waals surface area contributed by atoms with Crippen LogP contribution in [0, 0.1) is 6.92 Å². The van der Waals surface area contributed by atoms with E-state index < -0.39 is 0 Å². The number of methoxy groups -OCH3 is 2. The van der Waals surface area contributed by atoms with Crippen molar-refractivity contribution >= 4 is 5.69 Å². The molecule has 1 atom stereocenters. The summed E-state index contributed by atoms with van der Waals surface area (Å²) >= 11 is 0. The molecule has 0 unspecified atom stereocenters. The van der Waals surface area contributed by atoms with Gasteiger partial charge in [-0.25, -0.2) is 4.68 Å². The third-order valence-corrected chi connectivity index (χ3v) is 5.82. The Balaban J connectivity index is 1.55. The van der Waals surface area contributed by atoms with Crippen molar-refractivity contribution in [1.29, 1.82) is 0 Å². The summed E-state index contributed by atoms with van der Waals surface area (Å²) in [5, 5.41) is 12.6. The maximum atomic E-state index is 5.29. The Labute approximate surface area is 183 Å². The summed E-state index contributed by atoms with van der Waals surface area (Å²) in [5.41, 5.74) is 3.67. The average Bonchev–Trinajstić information content (AvgIpc) is 3.27. The number of tetrazole rings is 1. The molecule has 8 heteroatoms. The smallest absolute Gasteiger partial charge is 0.173 e. The number of aryl methyl sites for hydroxylation is 1. The van der Waals surface area contributed by atoms with E-state index in [1.54, 1.807) is 14.2 Å². The lowest BCUT2D eigenvalue weighted by Gasteiger charge is -2.40. The standard InChI is InChI=1S/C23H30N6O2/c1-18-4-6-19(7-5-18)22(23-24-25-26-29(23)16-17-30-2)28-14-12-27(13-15-28)20-8-10-21(31-3)11-9-20/h4-11,22H,12-17H2,1-3H3/t22-/m1/s1. The van der Waals surface area contributed by atoms with Crippen LogP contribution in [0.25, 0.3) is 0 Å². The fourth-order valence-electron chi connectivity index (χ4n) is 4.05. The van der Waals surface area contributed by atoms with Crippen LogP contribution in [0.15, 0.2) is 48.5 Å². The first kappa shape index (κ1) is 21.3. The van der Waals surface area contributed by atoms with E-state index in [2.05, 4.69) is 68.6 Å². The molecule has 1 fully saturated rings. The highest BCUT2D eigenvalue weighted by Gasteiger charge is 2.30. The van der Waals surface area contributed by atoms with Crippen molar-refractivity contribution in [1.82, 2.24) is 25.1 Å². The van der Waals surface area contributed by atoms with E-state index in [1.165, 1.54) is 16.8 Å². The van der Waals surface area contributed by atoms with Crippen molar-refractivity contribution in [2.45, 2.75) is 19.5 Å². The van der Waals surface area contributed by atoms with Crippen LogP contribution in [0.5, 0.6) is 5.75 Å². The minimum absolute atomic E-state index is 0.00507. The van der Waals surface area contributed by atoms with E-state index in [0.717, 1.165) is 37.8 Å². The third-order valence-electron chi connectivity index (χ3n) is 5.82. The predicted molar refractivity (Wildman–Crippen MR) is 119 cm³/mol. The van der Waals surface area contributed by atoms with E-state index in [-0.39, 0.29) is 6.04 Å². The molecule has 1 saturated heterocycles. The maximum absolute atomic E-state index is 5.29. The molecule has 164 valence electrons. The number of nitrogens with zero attached hydrogens (tertiary/aromatic N) is 6. The first-order valence-electron chi connectivity index (χ1n) is 10.6. The van der Waals surface area contributed by atoms with E-state index in [1.807, 2.05) is 16.8 Å². The van der Waals surface area contributed by atoms with Crippen LogP contribution in [0.2, 0.25) is 0 Å². The molecule has 1 aromatic heterocycles. The molecule has 1 aliphatic rings. The molecule has 1 aliphatic heterocycles. The van der Waals surface area contributed by atoms with Crippen LogP contribution in [-0.2, 0) is 11.3 Å². The van der Waals surface area contributed by atoms with Gasteiger partial charge in [0.05, 0.1) is 26.3 Å².